The molecule has 0 radical (unpaired) electrons. The fraction of sp³-hybridized carbons (Fsp3) is 0.296. The zero-order valence-corrected chi connectivity index (χ0v) is 25.8. The molecule has 0 aliphatic carbocycles. The maximum absolute atomic E-state index is 13.6. The van der Waals surface area contributed by atoms with E-state index in [0.29, 0.717) is 21.8 Å². The van der Waals surface area contributed by atoms with Crippen molar-refractivity contribution in [3.8, 4) is 11.9 Å². The van der Waals surface area contributed by atoms with Gasteiger partial charge in [0.05, 0.1) is 34.1 Å². The van der Waals surface area contributed by atoms with Crippen molar-refractivity contribution in [1.82, 2.24) is 40.3 Å². The Hall–Kier alpha value is -4.80. The minimum absolute atomic E-state index is 0.0152. The number of likely N-dealkylation sites (N-methyl/N-ethyl adjacent to an activating group) is 1. The standard InChI is InChI=1S/C22H13ClF5N9O2.C5H9NOS/c1-11-5-12(8-29)6-13(10-38)17(11)31-19(39)16-7-14(33-37(16)18-15(23)3-2-4-30-18)9-36-34-20(32-35-36)21(24,25)22(26,27)28;1-6-4-2-3-8-5(4)7/h2-7,10H,9H2,1H3,(H,31,39);4,6H,2-3H2,1H3. The third-order valence-corrected chi connectivity index (χ3v) is 7.77. The summed E-state index contributed by atoms with van der Waals surface area (Å²) < 4.78 is 66.1. The van der Waals surface area contributed by atoms with E-state index in [1.807, 2.05) is 13.1 Å². The van der Waals surface area contributed by atoms with Gasteiger partial charge in [-0.1, -0.05) is 23.4 Å². The lowest BCUT2D eigenvalue weighted by atomic mass is 10.0. The second-order valence-electron chi connectivity index (χ2n) is 9.70. The Bertz CT molecular complexity index is 1860. The highest BCUT2D eigenvalue weighted by Gasteiger charge is 2.62. The van der Waals surface area contributed by atoms with Gasteiger partial charge in [-0.25, -0.2) is 9.67 Å². The normalized spacial score (nSPS) is 14.7. The molecule has 5 rings (SSSR count). The van der Waals surface area contributed by atoms with E-state index in [0.717, 1.165) is 16.9 Å². The smallest absolute Gasteiger partial charge is 0.320 e. The van der Waals surface area contributed by atoms with E-state index in [9.17, 15) is 36.3 Å². The molecule has 1 saturated heterocycles. The summed E-state index contributed by atoms with van der Waals surface area (Å²) in [5, 5.41) is 28.3. The van der Waals surface area contributed by atoms with Gasteiger partial charge in [-0.05, 0) is 61.5 Å². The number of benzene rings is 1. The average molecular weight is 697 g/mol. The van der Waals surface area contributed by atoms with Gasteiger partial charge in [0.1, 0.15) is 12.2 Å². The molecule has 2 N–H and O–H groups in total. The summed E-state index contributed by atoms with van der Waals surface area (Å²) in [5.41, 5.74) is 0.451. The van der Waals surface area contributed by atoms with Crippen molar-refractivity contribution in [3.63, 3.8) is 0 Å². The molecule has 1 fully saturated rings. The van der Waals surface area contributed by atoms with E-state index < -0.39 is 30.4 Å². The first-order valence-electron chi connectivity index (χ1n) is 13.3. The fourth-order valence-corrected chi connectivity index (χ4v) is 5.34. The summed E-state index contributed by atoms with van der Waals surface area (Å²) >= 11 is 7.63. The number of alkyl halides is 5. The number of nitrogens with zero attached hydrogens (tertiary/aromatic N) is 8. The summed E-state index contributed by atoms with van der Waals surface area (Å²) in [6.45, 7) is 1.00. The van der Waals surface area contributed by atoms with Crippen LogP contribution >= 0.6 is 23.4 Å². The molecule has 246 valence electrons. The number of halogens is 6. The lowest BCUT2D eigenvalue weighted by Crippen LogP contribution is -2.35. The molecule has 4 aromatic rings. The number of thioether (sulfide) groups is 1. The number of carbonyl (C=O) groups excluding carboxylic acids is 3. The van der Waals surface area contributed by atoms with Gasteiger partial charge in [-0.3, -0.25) is 14.4 Å². The number of carbonyl (C=O) groups is 3. The summed E-state index contributed by atoms with van der Waals surface area (Å²) in [4.78, 5) is 40.1. The molecule has 1 aliphatic rings. The van der Waals surface area contributed by atoms with Gasteiger partial charge in [-0.2, -0.15) is 37.1 Å². The SMILES string of the molecule is CNC1CCSC1=O.Cc1cc(C#N)cc(C=O)c1NC(=O)c1cc(Cn2nnc(C(F)(F)C(F)(F)F)n2)nn1-c1ncccc1Cl. The van der Waals surface area contributed by atoms with E-state index >= 15 is 0 Å². The van der Waals surface area contributed by atoms with E-state index in [-0.39, 0.29) is 45.1 Å². The number of amides is 1. The number of hydrogen-bond acceptors (Lipinski definition) is 11. The van der Waals surface area contributed by atoms with E-state index in [1.54, 1.807) is 6.92 Å². The minimum atomic E-state index is -5.94. The Morgan fingerprint density at radius 1 is 1.23 bits per heavy atom. The van der Waals surface area contributed by atoms with Crippen molar-refractivity contribution >= 4 is 46.4 Å². The average Bonchev–Trinajstić information content (AvgIpc) is 3.78. The van der Waals surface area contributed by atoms with Crippen LogP contribution in [0.15, 0.2) is 36.5 Å². The number of rotatable bonds is 8. The molecule has 1 atom stereocenters. The van der Waals surface area contributed by atoms with Gasteiger partial charge in [0.25, 0.3) is 11.7 Å². The van der Waals surface area contributed by atoms with Gasteiger partial charge >= 0.3 is 12.1 Å². The molecular weight excluding hydrogens is 675 g/mol. The van der Waals surface area contributed by atoms with Crippen LogP contribution in [0.25, 0.3) is 5.82 Å². The predicted octanol–water partition coefficient (Wildman–Crippen LogP) is 4.09. The first kappa shape index (κ1) is 35.1. The molecule has 1 amide bonds. The number of hydrogen-bond donors (Lipinski definition) is 2. The van der Waals surface area contributed by atoms with Gasteiger partial charge in [0, 0.05) is 17.5 Å². The molecule has 1 aliphatic heterocycles. The van der Waals surface area contributed by atoms with Crippen molar-refractivity contribution in [2.24, 2.45) is 0 Å². The number of tetrazole rings is 1. The first-order valence-corrected chi connectivity index (χ1v) is 14.6. The van der Waals surface area contributed by atoms with Crippen molar-refractivity contribution in [3.05, 3.63) is 75.5 Å². The molecule has 1 aromatic carbocycles. The molecule has 13 nitrogen and oxygen atoms in total. The lowest BCUT2D eigenvalue weighted by Gasteiger charge is -2.14. The highest BCUT2D eigenvalue weighted by Crippen LogP contribution is 2.41. The molecule has 0 saturated carbocycles. The molecule has 1 unspecified atom stereocenters. The van der Waals surface area contributed by atoms with Crippen molar-refractivity contribution in [2.45, 2.75) is 38.0 Å². The Kier molecular flexibility index (Phi) is 10.7. The highest BCUT2D eigenvalue weighted by atomic mass is 35.5. The van der Waals surface area contributed by atoms with Crippen LogP contribution in [0, 0.1) is 18.3 Å². The van der Waals surface area contributed by atoms with Gasteiger partial charge in [0.15, 0.2) is 12.1 Å². The van der Waals surface area contributed by atoms with Crippen LogP contribution in [0.3, 0.4) is 0 Å². The van der Waals surface area contributed by atoms with E-state index in [4.69, 9.17) is 16.9 Å². The van der Waals surface area contributed by atoms with E-state index in [2.05, 4.69) is 36.1 Å². The van der Waals surface area contributed by atoms with Crippen molar-refractivity contribution in [2.75, 3.05) is 18.1 Å². The van der Waals surface area contributed by atoms with Crippen LogP contribution in [-0.2, 0) is 17.3 Å². The van der Waals surface area contributed by atoms with Gasteiger partial charge < -0.3 is 10.6 Å². The summed E-state index contributed by atoms with van der Waals surface area (Å²) in [5.74, 6) is -7.05. The summed E-state index contributed by atoms with van der Waals surface area (Å²) in [7, 11) is 1.83. The largest absolute Gasteiger partial charge is 0.461 e. The molecule has 3 aromatic heterocycles. The number of nitrogens with one attached hydrogen (secondary N) is 2. The Labute approximate surface area is 271 Å². The number of aryl methyl sites for hydroxylation is 1. The molecule has 47 heavy (non-hydrogen) atoms. The number of pyridine rings is 1. The minimum Gasteiger partial charge on any atom is -0.320 e. The van der Waals surface area contributed by atoms with Crippen molar-refractivity contribution in [1.29, 1.82) is 5.26 Å². The second-order valence-corrected chi connectivity index (χ2v) is 11.2. The number of nitriles is 1. The van der Waals surface area contributed by atoms with Crippen LogP contribution in [0.1, 0.15) is 49.9 Å². The number of aromatic nitrogens is 7. The van der Waals surface area contributed by atoms with Gasteiger partial charge in [-0.15, -0.1) is 10.2 Å². The van der Waals surface area contributed by atoms with Crippen LogP contribution in [-0.4, -0.2) is 77.3 Å². The summed E-state index contributed by atoms with van der Waals surface area (Å²) in [6, 6.07) is 8.90. The first-order chi connectivity index (χ1) is 22.2. The van der Waals surface area contributed by atoms with Crippen LogP contribution in [0.4, 0.5) is 27.6 Å². The maximum atomic E-state index is 13.6. The molecule has 0 spiro atoms. The third kappa shape index (κ3) is 7.78. The second kappa shape index (κ2) is 14.3. The molecule has 4 heterocycles. The summed E-state index contributed by atoms with van der Waals surface area (Å²) in [6.07, 6.45) is -3.14. The monoisotopic (exact) mass is 696 g/mol. The highest BCUT2D eigenvalue weighted by molar-refractivity contribution is 8.14. The van der Waals surface area contributed by atoms with Crippen LogP contribution in [0.5, 0.6) is 0 Å². The number of anilines is 1. The topological polar surface area (TPSA) is 173 Å². The van der Waals surface area contributed by atoms with Crippen LogP contribution in [0.2, 0.25) is 5.02 Å². The maximum Gasteiger partial charge on any atom is 0.461 e. The predicted molar refractivity (Wildman–Crippen MR) is 157 cm³/mol. The van der Waals surface area contributed by atoms with Crippen LogP contribution < -0.4 is 10.6 Å². The molecule has 0 bridgehead atoms. The Balaban J connectivity index is 0.000000546. The Morgan fingerprint density at radius 2 is 1.98 bits per heavy atom. The quantitative estimate of drug-likeness (QED) is 0.201. The zero-order valence-electron chi connectivity index (χ0n) is 24.2. The molecular formula is C27H22ClF5N10O3S. The third-order valence-electron chi connectivity index (χ3n) is 6.47. The molecule has 20 heteroatoms. The lowest BCUT2D eigenvalue weighted by molar-refractivity contribution is -0.292. The fourth-order valence-electron chi connectivity index (χ4n) is 4.15. The Morgan fingerprint density at radius 3 is 2.55 bits per heavy atom. The van der Waals surface area contributed by atoms with Crippen molar-refractivity contribution < 1.29 is 36.3 Å². The van der Waals surface area contributed by atoms with E-state index in [1.165, 1.54) is 48.3 Å². The zero-order chi connectivity index (χ0) is 34.5. The number of aldehydes is 1. The van der Waals surface area contributed by atoms with Gasteiger partial charge in [0.2, 0.25) is 5.12 Å².